The molecule has 0 saturated carbocycles. The molecule has 0 spiro atoms. The molecule has 1 saturated heterocycles. The lowest BCUT2D eigenvalue weighted by molar-refractivity contribution is 0.541. The summed E-state index contributed by atoms with van der Waals surface area (Å²) >= 11 is 0. The highest BCUT2D eigenvalue weighted by Crippen LogP contribution is 2.32. The van der Waals surface area contributed by atoms with Gasteiger partial charge in [-0.15, -0.1) is 0 Å². The number of hydrogen-bond acceptors (Lipinski definition) is 5. The van der Waals surface area contributed by atoms with Crippen molar-refractivity contribution in [2.45, 2.75) is 12.7 Å². The highest BCUT2D eigenvalue weighted by molar-refractivity contribution is 6.32. The van der Waals surface area contributed by atoms with E-state index in [2.05, 4.69) is 66.3 Å². The van der Waals surface area contributed by atoms with Gasteiger partial charge >= 0.3 is 7.69 Å². The van der Waals surface area contributed by atoms with Gasteiger partial charge in [0.2, 0.25) is 7.41 Å². The fraction of sp³-hybridized carbons (Fsp3) is 0.238. The van der Waals surface area contributed by atoms with Crippen LogP contribution in [0.2, 0.25) is 6.32 Å². The monoisotopic (exact) mass is 371 g/mol. The van der Waals surface area contributed by atoms with Crippen LogP contribution in [0.5, 0.6) is 11.5 Å². The van der Waals surface area contributed by atoms with Crippen LogP contribution >= 0.6 is 0 Å². The van der Waals surface area contributed by atoms with Crippen LogP contribution in [0.4, 0.5) is 11.4 Å². The van der Waals surface area contributed by atoms with E-state index in [1.807, 2.05) is 24.3 Å². The third kappa shape index (κ3) is 4.37. The van der Waals surface area contributed by atoms with E-state index in [1.165, 1.54) is 49.1 Å². The number of benzene rings is 3. The van der Waals surface area contributed by atoms with Crippen molar-refractivity contribution in [1.29, 1.82) is 0 Å². The average Bonchev–Trinajstić information content (AvgIpc) is 3.41. The molecule has 3 heterocycles. The van der Waals surface area contributed by atoms with E-state index in [9.17, 15) is 0 Å². The summed E-state index contributed by atoms with van der Waals surface area (Å²) in [6.07, 6.45) is 2.65. The molecule has 3 aliphatic rings. The molecular weight excluding hydrogens is 348 g/mol. The Kier molecular flexibility index (Phi) is 5.92. The van der Waals surface area contributed by atoms with Crippen LogP contribution in [0.1, 0.15) is 6.42 Å². The third-order valence-corrected chi connectivity index (χ3v) is 4.82. The van der Waals surface area contributed by atoms with Gasteiger partial charge in [0.05, 0.1) is 6.67 Å². The van der Waals surface area contributed by atoms with E-state index in [0.717, 1.165) is 18.2 Å². The summed E-state index contributed by atoms with van der Waals surface area (Å²) in [4.78, 5) is 2.24. The lowest BCUT2D eigenvalue weighted by atomic mass is 9.92. The Labute approximate surface area is 167 Å². The number of nitrogens with one attached hydrogen (secondary N) is 2. The van der Waals surface area contributed by atoms with Crippen molar-refractivity contribution in [3.8, 4) is 11.5 Å². The summed E-state index contributed by atoms with van der Waals surface area (Å²) < 4.78 is 9.90. The largest absolute Gasteiger partial charge is 0.658 e. The van der Waals surface area contributed by atoms with Crippen LogP contribution in [0, 0.1) is 0 Å². The SMILES string of the molecule is CN1[B]CCC1.[B]1Oc2ccccc2O1.c1cc2c3c(cccc3c1)NCN2. The van der Waals surface area contributed by atoms with Gasteiger partial charge in [-0.25, -0.2) is 0 Å². The molecule has 2 radical (unpaired) electrons. The van der Waals surface area contributed by atoms with Crippen molar-refractivity contribution in [3.63, 3.8) is 0 Å². The molecule has 3 aromatic carbocycles. The van der Waals surface area contributed by atoms with Gasteiger partial charge in [-0.05, 0) is 49.7 Å². The number of hydrogen-bond donors (Lipinski definition) is 2. The van der Waals surface area contributed by atoms with Crippen molar-refractivity contribution in [2.24, 2.45) is 0 Å². The van der Waals surface area contributed by atoms with Crippen molar-refractivity contribution < 1.29 is 9.31 Å². The zero-order chi connectivity index (χ0) is 19.2. The summed E-state index contributed by atoms with van der Waals surface area (Å²) in [6.45, 7) is 2.08. The Morgan fingerprint density at radius 3 is 2.00 bits per heavy atom. The normalized spacial score (nSPS) is 15.6. The highest BCUT2D eigenvalue weighted by Gasteiger charge is 2.14. The van der Waals surface area contributed by atoms with Crippen molar-refractivity contribution in [1.82, 2.24) is 4.81 Å². The minimum absolute atomic E-state index is 0.789. The first-order valence-electron chi connectivity index (χ1n) is 9.58. The smallest absolute Gasteiger partial charge is 0.524 e. The standard InChI is InChI=1S/C11H10N2.C6H4BO2.C4H9BN/c1-3-8-4-2-6-10-11(8)9(5-1)12-7-13-10;1-2-4-6-5(3-1)8-7-9-6;1-6-4-2-3-5-6/h1-6,12-13H,7H2;1-4H;2-4H2,1H3. The Morgan fingerprint density at radius 1 is 0.857 bits per heavy atom. The Morgan fingerprint density at radius 2 is 1.50 bits per heavy atom. The van der Waals surface area contributed by atoms with Gasteiger partial charge in [0.1, 0.15) is 11.5 Å². The van der Waals surface area contributed by atoms with Gasteiger partial charge < -0.3 is 24.8 Å². The molecule has 0 atom stereocenters. The van der Waals surface area contributed by atoms with Crippen molar-refractivity contribution >= 4 is 37.2 Å². The summed E-state index contributed by atoms with van der Waals surface area (Å²) in [5.74, 6) is 1.58. The van der Waals surface area contributed by atoms with Gasteiger partial charge in [-0.2, -0.15) is 0 Å². The summed E-state index contributed by atoms with van der Waals surface area (Å²) in [7, 11) is 5.68. The number of anilines is 2. The molecule has 0 amide bonds. The second-order valence-electron chi connectivity index (χ2n) is 6.82. The second-order valence-corrected chi connectivity index (χ2v) is 6.82. The van der Waals surface area contributed by atoms with Crippen LogP contribution in [0.3, 0.4) is 0 Å². The summed E-state index contributed by atoms with van der Waals surface area (Å²) in [5, 5.41) is 9.22. The number of para-hydroxylation sites is 2. The first-order valence-corrected chi connectivity index (χ1v) is 9.58. The van der Waals surface area contributed by atoms with Gasteiger partial charge in [-0.3, -0.25) is 0 Å². The molecule has 3 aliphatic heterocycles. The molecule has 0 aliphatic carbocycles. The highest BCUT2D eigenvalue weighted by atomic mass is 16.6. The zero-order valence-electron chi connectivity index (χ0n) is 16.0. The van der Waals surface area contributed by atoms with Gasteiger partial charge in [0, 0.05) is 16.8 Å². The van der Waals surface area contributed by atoms with Gasteiger partial charge in [0.25, 0.3) is 0 Å². The van der Waals surface area contributed by atoms with Crippen LogP contribution < -0.4 is 19.9 Å². The van der Waals surface area contributed by atoms with Crippen LogP contribution in [0.15, 0.2) is 60.7 Å². The van der Waals surface area contributed by atoms with Crippen LogP contribution in [0.25, 0.3) is 10.8 Å². The molecule has 6 rings (SSSR count). The number of nitrogens with zero attached hydrogens (tertiary/aromatic N) is 1. The molecular formula is C21H23B2N3O2. The third-order valence-electron chi connectivity index (χ3n) is 4.82. The van der Waals surface area contributed by atoms with Crippen LogP contribution in [-0.2, 0) is 0 Å². The minimum Gasteiger partial charge on any atom is -0.524 e. The Hall–Kier alpha value is -2.79. The topological polar surface area (TPSA) is 45.8 Å². The lowest BCUT2D eigenvalue weighted by Gasteiger charge is -2.20. The second kappa shape index (κ2) is 8.93. The molecule has 0 bridgehead atoms. The maximum absolute atomic E-state index is 4.95. The summed E-state index contributed by atoms with van der Waals surface area (Å²) in [5.41, 5.74) is 2.46. The number of rotatable bonds is 0. The molecule has 5 nitrogen and oxygen atoms in total. The van der Waals surface area contributed by atoms with E-state index in [1.54, 1.807) is 0 Å². The van der Waals surface area contributed by atoms with Crippen molar-refractivity contribution in [3.05, 3.63) is 60.7 Å². The van der Waals surface area contributed by atoms with E-state index in [-0.39, 0.29) is 0 Å². The van der Waals surface area contributed by atoms with E-state index in [0.29, 0.717) is 0 Å². The lowest BCUT2D eigenvalue weighted by Crippen LogP contribution is -2.16. The van der Waals surface area contributed by atoms with Gasteiger partial charge in [0.15, 0.2) is 0 Å². The fourth-order valence-corrected chi connectivity index (χ4v) is 3.39. The maximum atomic E-state index is 4.95. The maximum Gasteiger partial charge on any atom is 0.658 e. The average molecular weight is 371 g/mol. The molecule has 1 fully saturated rings. The molecule has 3 aromatic rings. The first kappa shape index (κ1) is 18.6. The van der Waals surface area contributed by atoms with E-state index < -0.39 is 0 Å². The Bertz CT molecular complexity index is 871. The first-order chi connectivity index (χ1) is 13.8. The molecule has 7 heteroatoms. The quantitative estimate of drug-likeness (QED) is 0.586. The minimum atomic E-state index is 0.789. The molecule has 0 aromatic heterocycles. The molecule has 28 heavy (non-hydrogen) atoms. The Balaban J connectivity index is 0.000000112. The summed E-state index contributed by atoms with van der Waals surface area (Å²) in [6, 6.07) is 20.2. The molecule has 2 N–H and O–H groups in total. The number of fused-ring (bicyclic) bond motifs is 1. The van der Waals surface area contributed by atoms with E-state index in [4.69, 9.17) is 9.31 Å². The zero-order valence-corrected chi connectivity index (χ0v) is 16.0. The fourth-order valence-electron chi connectivity index (χ4n) is 3.39. The predicted molar refractivity (Wildman–Crippen MR) is 117 cm³/mol. The molecule has 0 unspecified atom stereocenters. The van der Waals surface area contributed by atoms with Crippen molar-refractivity contribution in [2.75, 3.05) is 30.9 Å². The van der Waals surface area contributed by atoms with Gasteiger partial charge in [-0.1, -0.05) is 42.7 Å². The van der Waals surface area contributed by atoms with Crippen LogP contribution in [-0.4, -0.2) is 40.2 Å². The molecule has 140 valence electrons. The predicted octanol–water partition coefficient (Wildman–Crippen LogP) is 3.99. The van der Waals surface area contributed by atoms with E-state index >= 15 is 0 Å².